The molecule has 0 fully saturated rings. The molecule has 0 aliphatic rings. The first-order valence-corrected chi connectivity index (χ1v) is 6.28. The molecule has 0 radical (unpaired) electrons. The molecule has 0 bridgehead atoms. The maximum absolute atomic E-state index is 5.65. The van der Waals surface area contributed by atoms with Gasteiger partial charge in [0.05, 0.1) is 17.9 Å². The maximum Gasteiger partial charge on any atom is 0.0666 e. The molecule has 1 aromatic heterocycles. The van der Waals surface area contributed by atoms with Crippen LogP contribution in [-0.4, -0.2) is 28.5 Å². The van der Waals surface area contributed by atoms with Crippen molar-refractivity contribution in [3.8, 4) is 0 Å². The molecule has 1 N–H and O–H groups in total. The summed E-state index contributed by atoms with van der Waals surface area (Å²) in [6.45, 7) is 10.8. The zero-order chi connectivity index (χ0) is 12.9. The van der Waals surface area contributed by atoms with E-state index in [4.69, 9.17) is 4.74 Å². The molecule has 17 heavy (non-hydrogen) atoms. The number of nitrogens with zero attached hydrogens (tertiary/aromatic N) is 2. The molecule has 0 amide bonds. The number of nitrogens with one attached hydrogen (secondary N) is 1. The van der Waals surface area contributed by atoms with E-state index in [1.165, 1.54) is 11.3 Å². The third-order valence-corrected chi connectivity index (χ3v) is 2.46. The van der Waals surface area contributed by atoms with Gasteiger partial charge >= 0.3 is 0 Å². The van der Waals surface area contributed by atoms with Gasteiger partial charge in [-0.2, -0.15) is 5.10 Å². The van der Waals surface area contributed by atoms with Crippen LogP contribution in [0.2, 0.25) is 0 Å². The lowest BCUT2D eigenvalue weighted by Gasteiger charge is -2.19. The van der Waals surface area contributed by atoms with Crippen LogP contribution in [0.5, 0.6) is 0 Å². The summed E-state index contributed by atoms with van der Waals surface area (Å²) in [6.07, 6.45) is 3.06. The summed E-state index contributed by atoms with van der Waals surface area (Å²) >= 11 is 0. The Hall–Kier alpha value is -0.870. The molecule has 98 valence electrons. The molecule has 0 aromatic carbocycles. The van der Waals surface area contributed by atoms with Crippen LogP contribution in [0, 0.1) is 0 Å². The normalized spacial score (nSPS) is 12.1. The molecule has 0 aliphatic carbocycles. The predicted molar refractivity (Wildman–Crippen MR) is 70.0 cm³/mol. The van der Waals surface area contributed by atoms with Crippen LogP contribution in [0.25, 0.3) is 0 Å². The molecule has 0 unspecified atom stereocenters. The summed E-state index contributed by atoms with van der Waals surface area (Å²) in [6, 6.07) is 0. The molecule has 1 aromatic rings. The smallest absolute Gasteiger partial charge is 0.0666 e. The fourth-order valence-corrected chi connectivity index (χ4v) is 1.68. The minimum atomic E-state index is -0.0510. The van der Waals surface area contributed by atoms with Gasteiger partial charge in [-0.05, 0) is 27.2 Å². The van der Waals surface area contributed by atoms with Crippen molar-refractivity contribution in [2.24, 2.45) is 7.05 Å². The molecule has 1 heterocycles. The van der Waals surface area contributed by atoms with Crippen molar-refractivity contribution in [1.29, 1.82) is 0 Å². The van der Waals surface area contributed by atoms with E-state index in [-0.39, 0.29) is 5.60 Å². The molecular formula is C13H25N3O. The van der Waals surface area contributed by atoms with E-state index < -0.39 is 0 Å². The molecule has 0 atom stereocenters. The zero-order valence-electron chi connectivity index (χ0n) is 11.7. The Kier molecular flexibility index (Phi) is 5.15. The number of rotatable bonds is 6. The van der Waals surface area contributed by atoms with Gasteiger partial charge < -0.3 is 10.1 Å². The van der Waals surface area contributed by atoms with Gasteiger partial charge in [-0.1, -0.05) is 6.92 Å². The number of aromatic nitrogens is 2. The Balaban J connectivity index is 2.26. The van der Waals surface area contributed by atoms with E-state index >= 15 is 0 Å². The Morgan fingerprint density at radius 2 is 2.12 bits per heavy atom. The van der Waals surface area contributed by atoms with Gasteiger partial charge in [0.25, 0.3) is 0 Å². The van der Waals surface area contributed by atoms with Crippen LogP contribution >= 0.6 is 0 Å². The average Bonchev–Trinajstić information content (AvgIpc) is 2.57. The molecule has 0 saturated heterocycles. The van der Waals surface area contributed by atoms with Crippen LogP contribution in [0.3, 0.4) is 0 Å². The Bertz CT molecular complexity index is 339. The average molecular weight is 239 g/mol. The second-order valence-electron chi connectivity index (χ2n) is 5.27. The summed E-state index contributed by atoms with van der Waals surface area (Å²) in [7, 11) is 1.96. The van der Waals surface area contributed by atoms with Crippen LogP contribution < -0.4 is 5.32 Å². The first kappa shape index (κ1) is 14.2. The number of aryl methyl sites for hydroxylation is 2. The summed E-state index contributed by atoms with van der Waals surface area (Å²) in [5.74, 6) is 0. The van der Waals surface area contributed by atoms with E-state index in [9.17, 15) is 0 Å². The minimum Gasteiger partial charge on any atom is -0.375 e. The topological polar surface area (TPSA) is 39.1 Å². The van der Waals surface area contributed by atoms with Crippen molar-refractivity contribution < 1.29 is 4.74 Å². The van der Waals surface area contributed by atoms with Gasteiger partial charge in [-0.15, -0.1) is 0 Å². The lowest BCUT2D eigenvalue weighted by atomic mass is 10.2. The van der Waals surface area contributed by atoms with Crippen molar-refractivity contribution in [2.45, 2.75) is 46.3 Å². The van der Waals surface area contributed by atoms with Crippen molar-refractivity contribution in [1.82, 2.24) is 15.1 Å². The maximum atomic E-state index is 5.65. The molecule has 0 saturated carbocycles. The largest absolute Gasteiger partial charge is 0.375 e. The zero-order valence-corrected chi connectivity index (χ0v) is 11.7. The molecule has 0 spiro atoms. The SMILES string of the molecule is CCc1nn(C)cc1CNCCOC(C)(C)C. The first-order valence-electron chi connectivity index (χ1n) is 6.28. The molecular weight excluding hydrogens is 214 g/mol. The molecule has 4 nitrogen and oxygen atoms in total. The summed E-state index contributed by atoms with van der Waals surface area (Å²) in [4.78, 5) is 0. The van der Waals surface area contributed by atoms with Crippen LogP contribution in [0.1, 0.15) is 39.0 Å². The van der Waals surface area contributed by atoms with Crippen molar-refractivity contribution in [2.75, 3.05) is 13.2 Å². The van der Waals surface area contributed by atoms with E-state index in [2.05, 4.69) is 44.3 Å². The van der Waals surface area contributed by atoms with Crippen LogP contribution in [-0.2, 0) is 24.8 Å². The van der Waals surface area contributed by atoms with Gasteiger partial charge in [-0.25, -0.2) is 0 Å². The third-order valence-electron chi connectivity index (χ3n) is 2.46. The van der Waals surface area contributed by atoms with Crippen molar-refractivity contribution >= 4 is 0 Å². The quantitative estimate of drug-likeness (QED) is 0.771. The lowest BCUT2D eigenvalue weighted by molar-refractivity contribution is -0.000890. The molecule has 1 rings (SSSR count). The minimum absolute atomic E-state index is 0.0510. The third kappa shape index (κ3) is 5.33. The summed E-state index contributed by atoms with van der Waals surface area (Å²) in [5.41, 5.74) is 2.41. The fraction of sp³-hybridized carbons (Fsp3) is 0.769. The van der Waals surface area contributed by atoms with Crippen LogP contribution in [0.4, 0.5) is 0 Å². The Morgan fingerprint density at radius 3 is 2.71 bits per heavy atom. The van der Waals surface area contributed by atoms with Gasteiger partial charge in [0.1, 0.15) is 0 Å². The lowest BCUT2D eigenvalue weighted by Crippen LogP contribution is -2.26. The predicted octanol–water partition coefficient (Wildman–Crippen LogP) is 1.89. The fourth-order valence-electron chi connectivity index (χ4n) is 1.68. The van der Waals surface area contributed by atoms with Crippen LogP contribution in [0.15, 0.2) is 6.20 Å². The molecule has 0 aliphatic heterocycles. The van der Waals surface area contributed by atoms with E-state index in [0.717, 1.165) is 26.1 Å². The highest BCUT2D eigenvalue weighted by Gasteiger charge is 2.09. The highest BCUT2D eigenvalue weighted by Crippen LogP contribution is 2.07. The first-order chi connectivity index (χ1) is 7.92. The standard InChI is InChI=1S/C13H25N3O/c1-6-12-11(10-16(5)15-12)9-14-7-8-17-13(2,3)4/h10,14H,6-9H2,1-5H3. The number of ether oxygens (including phenoxy) is 1. The van der Waals surface area contributed by atoms with Crippen molar-refractivity contribution in [3.63, 3.8) is 0 Å². The van der Waals surface area contributed by atoms with Gasteiger partial charge in [-0.3, -0.25) is 4.68 Å². The molecule has 4 heteroatoms. The number of hydrogen-bond acceptors (Lipinski definition) is 3. The summed E-state index contributed by atoms with van der Waals surface area (Å²) in [5, 5.41) is 7.80. The van der Waals surface area contributed by atoms with E-state index in [1.54, 1.807) is 0 Å². The van der Waals surface area contributed by atoms with Gasteiger partial charge in [0.2, 0.25) is 0 Å². The highest BCUT2D eigenvalue weighted by atomic mass is 16.5. The van der Waals surface area contributed by atoms with Crippen molar-refractivity contribution in [3.05, 3.63) is 17.5 Å². The number of hydrogen-bond donors (Lipinski definition) is 1. The Labute approximate surface area is 104 Å². The van der Waals surface area contributed by atoms with E-state index in [1.807, 2.05) is 11.7 Å². The highest BCUT2D eigenvalue weighted by molar-refractivity contribution is 5.16. The second kappa shape index (κ2) is 6.17. The second-order valence-corrected chi connectivity index (χ2v) is 5.27. The Morgan fingerprint density at radius 1 is 1.41 bits per heavy atom. The monoisotopic (exact) mass is 239 g/mol. The van der Waals surface area contributed by atoms with Gasteiger partial charge in [0.15, 0.2) is 0 Å². The van der Waals surface area contributed by atoms with Gasteiger partial charge in [0, 0.05) is 31.9 Å². The van der Waals surface area contributed by atoms with E-state index in [0.29, 0.717) is 0 Å². The summed E-state index contributed by atoms with van der Waals surface area (Å²) < 4.78 is 7.52.